The van der Waals surface area contributed by atoms with E-state index in [1.807, 2.05) is 30.5 Å². The molecule has 0 radical (unpaired) electrons. The van der Waals surface area contributed by atoms with Crippen molar-refractivity contribution in [2.45, 2.75) is 23.8 Å². The van der Waals surface area contributed by atoms with Crippen molar-refractivity contribution in [2.24, 2.45) is 0 Å². The fourth-order valence-corrected chi connectivity index (χ4v) is 2.85. The second-order valence-electron chi connectivity index (χ2n) is 5.10. The van der Waals surface area contributed by atoms with Gasteiger partial charge in [0.1, 0.15) is 6.04 Å². The zero-order valence-corrected chi connectivity index (χ0v) is 13.4. The predicted molar refractivity (Wildman–Crippen MR) is 85.7 cm³/mol. The van der Waals surface area contributed by atoms with Crippen LogP contribution in [0.2, 0.25) is 0 Å². The molecular formula is C15H19N3O3S. The first kappa shape index (κ1) is 16.4. The minimum atomic E-state index is -0.510. The summed E-state index contributed by atoms with van der Waals surface area (Å²) in [5.41, 5.74) is 0.731. The standard InChI is InChI=1S/C15H19N3O3S/c1-18(15(21)11-7-8-13(19)17-11)9-14(20)16-10-5-3-4-6-12(10)22-2/h3-6,11H,7-9H2,1-2H3,(H,16,20)(H,17,19)/t11-/m0/s1. The van der Waals surface area contributed by atoms with Gasteiger partial charge < -0.3 is 15.5 Å². The van der Waals surface area contributed by atoms with Gasteiger partial charge in [-0.3, -0.25) is 14.4 Å². The van der Waals surface area contributed by atoms with E-state index >= 15 is 0 Å². The second kappa shape index (κ2) is 7.31. The molecule has 2 rings (SSSR count). The number of likely N-dealkylation sites (N-methyl/N-ethyl adjacent to an activating group) is 1. The molecule has 1 aliphatic heterocycles. The molecule has 2 N–H and O–H groups in total. The molecule has 1 aliphatic rings. The Kier molecular flexibility index (Phi) is 5.43. The molecule has 3 amide bonds. The molecular weight excluding hydrogens is 302 g/mol. The van der Waals surface area contributed by atoms with Gasteiger partial charge >= 0.3 is 0 Å². The third-order valence-electron chi connectivity index (χ3n) is 3.43. The van der Waals surface area contributed by atoms with Gasteiger partial charge in [0.05, 0.1) is 12.2 Å². The fourth-order valence-electron chi connectivity index (χ4n) is 2.30. The molecule has 7 heteroatoms. The highest BCUT2D eigenvalue weighted by Crippen LogP contribution is 2.24. The van der Waals surface area contributed by atoms with Crippen molar-refractivity contribution < 1.29 is 14.4 Å². The third kappa shape index (κ3) is 4.00. The molecule has 0 unspecified atom stereocenters. The van der Waals surface area contributed by atoms with Gasteiger partial charge in [0.15, 0.2) is 0 Å². The highest BCUT2D eigenvalue weighted by molar-refractivity contribution is 7.98. The zero-order chi connectivity index (χ0) is 16.1. The lowest BCUT2D eigenvalue weighted by Gasteiger charge is -2.20. The van der Waals surface area contributed by atoms with E-state index < -0.39 is 6.04 Å². The van der Waals surface area contributed by atoms with Crippen molar-refractivity contribution in [3.8, 4) is 0 Å². The van der Waals surface area contributed by atoms with E-state index in [-0.39, 0.29) is 24.3 Å². The lowest BCUT2D eigenvalue weighted by molar-refractivity contribution is -0.135. The molecule has 1 fully saturated rings. The summed E-state index contributed by atoms with van der Waals surface area (Å²) in [4.78, 5) is 37.7. The molecule has 1 aromatic rings. The lowest BCUT2D eigenvalue weighted by Crippen LogP contribution is -2.45. The van der Waals surface area contributed by atoms with E-state index in [0.717, 1.165) is 10.6 Å². The van der Waals surface area contributed by atoms with Crippen LogP contribution in [0.4, 0.5) is 5.69 Å². The second-order valence-corrected chi connectivity index (χ2v) is 5.95. The van der Waals surface area contributed by atoms with Crippen LogP contribution in [-0.4, -0.2) is 48.5 Å². The first-order chi connectivity index (χ1) is 10.5. The topological polar surface area (TPSA) is 78.5 Å². The van der Waals surface area contributed by atoms with Gasteiger partial charge in [0.2, 0.25) is 17.7 Å². The number of carbonyl (C=O) groups excluding carboxylic acids is 3. The maximum Gasteiger partial charge on any atom is 0.245 e. The Balaban J connectivity index is 1.91. The van der Waals surface area contributed by atoms with E-state index in [4.69, 9.17) is 0 Å². The van der Waals surface area contributed by atoms with Gasteiger partial charge in [-0.05, 0) is 24.8 Å². The summed E-state index contributed by atoms with van der Waals surface area (Å²) < 4.78 is 0. The summed E-state index contributed by atoms with van der Waals surface area (Å²) in [6.45, 7) is -0.0477. The van der Waals surface area contributed by atoms with E-state index in [1.165, 1.54) is 4.90 Å². The number of hydrogen-bond donors (Lipinski definition) is 2. The van der Waals surface area contributed by atoms with Crippen LogP contribution in [0.25, 0.3) is 0 Å². The van der Waals surface area contributed by atoms with Crippen molar-refractivity contribution in [1.82, 2.24) is 10.2 Å². The summed E-state index contributed by atoms with van der Waals surface area (Å²) in [5.74, 6) is -0.620. The van der Waals surface area contributed by atoms with Crippen molar-refractivity contribution in [1.29, 1.82) is 0 Å². The quantitative estimate of drug-likeness (QED) is 0.796. The number of nitrogens with zero attached hydrogens (tertiary/aromatic N) is 1. The maximum absolute atomic E-state index is 12.1. The van der Waals surface area contributed by atoms with Crippen LogP contribution < -0.4 is 10.6 Å². The van der Waals surface area contributed by atoms with Crippen LogP contribution in [0.15, 0.2) is 29.2 Å². The van der Waals surface area contributed by atoms with Crippen LogP contribution in [-0.2, 0) is 14.4 Å². The van der Waals surface area contributed by atoms with Gasteiger partial charge in [-0.25, -0.2) is 0 Å². The molecule has 1 heterocycles. The van der Waals surface area contributed by atoms with Gasteiger partial charge in [-0.15, -0.1) is 11.8 Å². The smallest absolute Gasteiger partial charge is 0.245 e. The minimum Gasteiger partial charge on any atom is -0.344 e. The fraction of sp³-hybridized carbons (Fsp3) is 0.400. The Bertz CT molecular complexity index is 591. The SMILES string of the molecule is CSc1ccccc1NC(=O)CN(C)C(=O)[C@@H]1CCC(=O)N1. The molecule has 0 bridgehead atoms. The highest BCUT2D eigenvalue weighted by Gasteiger charge is 2.29. The summed E-state index contributed by atoms with van der Waals surface area (Å²) >= 11 is 1.54. The number of amides is 3. The molecule has 0 aromatic heterocycles. The summed E-state index contributed by atoms with van der Waals surface area (Å²) in [5, 5.41) is 5.42. The van der Waals surface area contributed by atoms with E-state index in [2.05, 4.69) is 10.6 Å². The van der Waals surface area contributed by atoms with E-state index in [9.17, 15) is 14.4 Å². The Labute approximate surface area is 133 Å². The summed E-state index contributed by atoms with van der Waals surface area (Å²) in [6, 6.07) is 6.98. The van der Waals surface area contributed by atoms with Gasteiger partial charge in [-0.1, -0.05) is 12.1 Å². The number of thioether (sulfide) groups is 1. The van der Waals surface area contributed by atoms with E-state index in [1.54, 1.807) is 18.8 Å². The first-order valence-electron chi connectivity index (χ1n) is 6.98. The first-order valence-corrected chi connectivity index (χ1v) is 8.21. The average Bonchev–Trinajstić information content (AvgIpc) is 2.93. The van der Waals surface area contributed by atoms with Gasteiger partial charge in [-0.2, -0.15) is 0 Å². The number of rotatable bonds is 5. The lowest BCUT2D eigenvalue weighted by atomic mass is 10.2. The van der Waals surface area contributed by atoms with Crippen LogP contribution in [0.5, 0.6) is 0 Å². The Morgan fingerprint density at radius 3 is 2.77 bits per heavy atom. The van der Waals surface area contributed by atoms with Crippen LogP contribution in [0.3, 0.4) is 0 Å². The van der Waals surface area contributed by atoms with Crippen LogP contribution >= 0.6 is 11.8 Å². The largest absolute Gasteiger partial charge is 0.344 e. The number of anilines is 1. The number of carbonyl (C=O) groups is 3. The van der Waals surface area contributed by atoms with Crippen molar-refractivity contribution in [3.05, 3.63) is 24.3 Å². The van der Waals surface area contributed by atoms with Crippen LogP contribution in [0, 0.1) is 0 Å². The molecule has 0 spiro atoms. The maximum atomic E-state index is 12.1. The highest BCUT2D eigenvalue weighted by atomic mass is 32.2. The van der Waals surface area contributed by atoms with Crippen LogP contribution in [0.1, 0.15) is 12.8 Å². The zero-order valence-electron chi connectivity index (χ0n) is 12.6. The van der Waals surface area contributed by atoms with E-state index in [0.29, 0.717) is 12.8 Å². The van der Waals surface area contributed by atoms with Crippen molar-refractivity contribution in [2.75, 3.05) is 25.2 Å². The van der Waals surface area contributed by atoms with Crippen molar-refractivity contribution in [3.63, 3.8) is 0 Å². The Hall–Kier alpha value is -2.02. The normalized spacial score (nSPS) is 17.0. The number of para-hydroxylation sites is 1. The predicted octanol–water partition coefficient (Wildman–Crippen LogP) is 1.08. The molecule has 1 saturated heterocycles. The molecule has 118 valence electrons. The molecule has 6 nitrogen and oxygen atoms in total. The molecule has 0 aliphatic carbocycles. The molecule has 22 heavy (non-hydrogen) atoms. The van der Waals surface area contributed by atoms with Crippen molar-refractivity contribution >= 4 is 35.2 Å². The summed E-state index contributed by atoms with van der Waals surface area (Å²) in [7, 11) is 1.56. The Morgan fingerprint density at radius 1 is 1.41 bits per heavy atom. The number of benzene rings is 1. The van der Waals surface area contributed by atoms with Gasteiger partial charge in [0, 0.05) is 18.4 Å². The Morgan fingerprint density at radius 2 is 2.14 bits per heavy atom. The monoisotopic (exact) mass is 321 g/mol. The number of nitrogens with one attached hydrogen (secondary N) is 2. The molecule has 0 saturated carbocycles. The average molecular weight is 321 g/mol. The minimum absolute atomic E-state index is 0.0477. The van der Waals surface area contributed by atoms with Gasteiger partial charge in [0.25, 0.3) is 0 Å². The molecule has 1 aromatic carbocycles. The third-order valence-corrected chi connectivity index (χ3v) is 4.23. The summed E-state index contributed by atoms with van der Waals surface area (Å²) in [6.07, 6.45) is 2.78. The molecule has 1 atom stereocenters. The number of hydrogen-bond acceptors (Lipinski definition) is 4.